The van der Waals surface area contributed by atoms with Crippen molar-refractivity contribution in [2.24, 2.45) is 0 Å². The molecule has 6 nitrogen and oxygen atoms in total. The fraction of sp³-hybridized carbons (Fsp3) is 0.154. The number of hydrogen-bond donors (Lipinski definition) is 3. The minimum atomic E-state index is -0.272. The summed E-state index contributed by atoms with van der Waals surface area (Å²) in [4.78, 5) is 23.4. The van der Waals surface area contributed by atoms with Gasteiger partial charge in [0, 0.05) is 19.3 Å². The van der Waals surface area contributed by atoms with Crippen molar-refractivity contribution >= 4 is 23.4 Å². The number of rotatable bonds is 5. The molecule has 104 valence electrons. The van der Waals surface area contributed by atoms with E-state index in [0.29, 0.717) is 29.4 Å². The minimum absolute atomic E-state index is 0.269. The van der Waals surface area contributed by atoms with Gasteiger partial charge in [0.2, 0.25) is 0 Å². The molecule has 0 aliphatic carbocycles. The number of amides is 2. The normalized spacial score (nSPS) is 10.1. The van der Waals surface area contributed by atoms with Crippen molar-refractivity contribution in [3.63, 3.8) is 0 Å². The average molecular weight is 293 g/mol. The fourth-order valence-corrected chi connectivity index (χ4v) is 1.79. The lowest BCUT2D eigenvalue weighted by atomic mass is 10.2. The van der Waals surface area contributed by atoms with E-state index in [9.17, 15) is 9.59 Å². The Morgan fingerprint density at radius 2 is 1.80 bits per heavy atom. The Bertz CT molecular complexity index is 598. The predicted octanol–water partition coefficient (Wildman–Crippen LogP) is 1.22. The third-order valence-electron chi connectivity index (χ3n) is 2.56. The second-order valence-corrected chi connectivity index (χ2v) is 4.37. The largest absolute Gasteiger partial charge is 0.350 e. The van der Waals surface area contributed by atoms with Gasteiger partial charge in [-0.2, -0.15) is 5.10 Å². The highest BCUT2D eigenvalue weighted by Crippen LogP contribution is 2.14. The van der Waals surface area contributed by atoms with Gasteiger partial charge < -0.3 is 10.6 Å². The van der Waals surface area contributed by atoms with Crippen LogP contribution in [0.25, 0.3) is 0 Å². The van der Waals surface area contributed by atoms with Crippen LogP contribution in [0.5, 0.6) is 0 Å². The van der Waals surface area contributed by atoms with Crippen molar-refractivity contribution < 1.29 is 9.59 Å². The van der Waals surface area contributed by atoms with Crippen molar-refractivity contribution in [2.45, 2.75) is 0 Å². The summed E-state index contributed by atoms with van der Waals surface area (Å²) in [6.45, 7) is 0.623. The van der Waals surface area contributed by atoms with Crippen LogP contribution >= 0.6 is 11.6 Å². The van der Waals surface area contributed by atoms with Crippen LogP contribution in [0.3, 0.4) is 0 Å². The van der Waals surface area contributed by atoms with Gasteiger partial charge in [-0.25, -0.2) is 0 Å². The quantitative estimate of drug-likeness (QED) is 0.724. The topological polar surface area (TPSA) is 86.9 Å². The molecule has 0 unspecified atom stereocenters. The number of nitrogens with zero attached hydrogens (tertiary/aromatic N) is 1. The second kappa shape index (κ2) is 6.72. The van der Waals surface area contributed by atoms with Gasteiger partial charge >= 0.3 is 0 Å². The third kappa shape index (κ3) is 3.58. The summed E-state index contributed by atoms with van der Waals surface area (Å²) in [7, 11) is 0. The molecule has 1 heterocycles. The summed E-state index contributed by atoms with van der Waals surface area (Å²) in [5.41, 5.74) is 0.788. The van der Waals surface area contributed by atoms with Gasteiger partial charge in [-0.1, -0.05) is 23.7 Å². The van der Waals surface area contributed by atoms with Gasteiger partial charge in [0.25, 0.3) is 11.8 Å². The summed E-state index contributed by atoms with van der Waals surface area (Å²) in [5, 5.41) is 12.0. The van der Waals surface area contributed by atoms with Crippen LogP contribution in [0.1, 0.15) is 20.8 Å². The number of H-pyrrole nitrogens is 1. The van der Waals surface area contributed by atoms with Crippen LogP contribution in [0.4, 0.5) is 0 Å². The molecule has 2 aromatic rings. The van der Waals surface area contributed by atoms with Gasteiger partial charge in [0.1, 0.15) is 5.69 Å². The van der Waals surface area contributed by atoms with E-state index in [1.807, 2.05) is 0 Å². The number of benzene rings is 1. The molecule has 0 aliphatic rings. The Morgan fingerprint density at radius 1 is 1.10 bits per heavy atom. The molecule has 0 atom stereocenters. The zero-order valence-corrected chi connectivity index (χ0v) is 11.3. The summed E-state index contributed by atoms with van der Waals surface area (Å²) < 4.78 is 0. The van der Waals surface area contributed by atoms with Crippen LogP contribution in [-0.2, 0) is 0 Å². The van der Waals surface area contributed by atoms with Crippen molar-refractivity contribution in [2.75, 3.05) is 13.1 Å². The molecule has 0 bridgehead atoms. The van der Waals surface area contributed by atoms with Gasteiger partial charge in [0.15, 0.2) is 0 Å². The van der Waals surface area contributed by atoms with Crippen molar-refractivity contribution in [1.29, 1.82) is 0 Å². The van der Waals surface area contributed by atoms with E-state index in [2.05, 4.69) is 20.8 Å². The molecule has 2 amide bonds. The summed E-state index contributed by atoms with van der Waals surface area (Å²) >= 11 is 5.91. The lowest BCUT2D eigenvalue weighted by molar-refractivity contribution is 0.0925. The van der Waals surface area contributed by atoms with Gasteiger partial charge in [-0.15, -0.1) is 0 Å². The Kier molecular flexibility index (Phi) is 4.73. The Hall–Kier alpha value is -2.34. The summed E-state index contributed by atoms with van der Waals surface area (Å²) in [6, 6.07) is 8.35. The molecule has 0 fully saturated rings. The van der Waals surface area contributed by atoms with Crippen LogP contribution in [0.15, 0.2) is 36.5 Å². The van der Waals surface area contributed by atoms with Gasteiger partial charge in [-0.3, -0.25) is 14.7 Å². The first-order chi connectivity index (χ1) is 9.68. The minimum Gasteiger partial charge on any atom is -0.350 e. The van der Waals surface area contributed by atoms with E-state index in [1.54, 1.807) is 30.3 Å². The smallest absolute Gasteiger partial charge is 0.269 e. The van der Waals surface area contributed by atoms with Gasteiger partial charge in [0.05, 0.1) is 10.6 Å². The SMILES string of the molecule is O=C(NCCNC(=O)c1ccccc1Cl)c1ccn[nH]1. The number of halogens is 1. The molecule has 1 aromatic carbocycles. The van der Waals surface area contributed by atoms with E-state index >= 15 is 0 Å². The third-order valence-corrected chi connectivity index (χ3v) is 2.89. The van der Waals surface area contributed by atoms with Crippen molar-refractivity contribution in [1.82, 2.24) is 20.8 Å². The first-order valence-electron chi connectivity index (χ1n) is 5.99. The first kappa shape index (κ1) is 14.1. The molecule has 1 aromatic heterocycles. The van der Waals surface area contributed by atoms with Crippen molar-refractivity contribution in [3.8, 4) is 0 Å². The number of hydrogen-bond acceptors (Lipinski definition) is 3. The van der Waals surface area contributed by atoms with E-state index in [1.165, 1.54) is 6.20 Å². The molecule has 0 saturated heterocycles. The maximum absolute atomic E-state index is 11.8. The monoisotopic (exact) mass is 292 g/mol. The van der Waals surface area contributed by atoms with Crippen LogP contribution in [-0.4, -0.2) is 35.1 Å². The highest BCUT2D eigenvalue weighted by atomic mass is 35.5. The molecule has 0 radical (unpaired) electrons. The van der Waals surface area contributed by atoms with E-state index in [-0.39, 0.29) is 11.8 Å². The Morgan fingerprint density at radius 3 is 2.45 bits per heavy atom. The van der Waals surface area contributed by atoms with E-state index in [4.69, 9.17) is 11.6 Å². The molecule has 0 saturated carbocycles. The number of aromatic nitrogens is 2. The average Bonchev–Trinajstić information content (AvgIpc) is 2.98. The number of nitrogens with one attached hydrogen (secondary N) is 3. The van der Waals surface area contributed by atoms with Crippen molar-refractivity contribution in [3.05, 3.63) is 52.8 Å². The molecular formula is C13H13ClN4O2. The fourth-order valence-electron chi connectivity index (χ4n) is 1.57. The molecule has 0 aliphatic heterocycles. The predicted molar refractivity (Wildman–Crippen MR) is 74.7 cm³/mol. The molecule has 3 N–H and O–H groups in total. The summed E-state index contributed by atoms with van der Waals surface area (Å²) in [5.74, 6) is -0.541. The molecule has 20 heavy (non-hydrogen) atoms. The highest BCUT2D eigenvalue weighted by molar-refractivity contribution is 6.33. The molecule has 2 rings (SSSR count). The Labute approximate surface area is 120 Å². The van der Waals surface area contributed by atoms with Gasteiger partial charge in [-0.05, 0) is 18.2 Å². The maximum Gasteiger partial charge on any atom is 0.269 e. The number of carbonyl (C=O) groups is 2. The second-order valence-electron chi connectivity index (χ2n) is 3.96. The van der Waals surface area contributed by atoms with E-state index < -0.39 is 0 Å². The zero-order valence-electron chi connectivity index (χ0n) is 10.5. The molecular weight excluding hydrogens is 280 g/mol. The van der Waals surface area contributed by atoms with Crippen LogP contribution < -0.4 is 10.6 Å². The standard InChI is InChI=1S/C13H13ClN4O2/c14-10-4-2-1-3-9(10)12(19)15-7-8-16-13(20)11-5-6-17-18-11/h1-6H,7-8H2,(H,15,19)(H,16,20)(H,17,18). The lowest BCUT2D eigenvalue weighted by Crippen LogP contribution is -2.34. The molecule has 7 heteroatoms. The first-order valence-corrected chi connectivity index (χ1v) is 6.36. The maximum atomic E-state index is 11.8. The highest BCUT2D eigenvalue weighted by Gasteiger charge is 2.09. The van der Waals surface area contributed by atoms with Crippen LogP contribution in [0, 0.1) is 0 Å². The zero-order chi connectivity index (χ0) is 14.4. The van der Waals surface area contributed by atoms with E-state index in [0.717, 1.165) is 0 Å². The number of aromatic amines is 1. The molecule has 0 spiro atoms. The Balaban J connectivity index is 1.75. The lowest BCUT2D eigenvalue weighted by Gasteiger charge is -2.07. The van der Waals surface area contributed by atoms with Crippen LogP contribution in [0.2, 0.25) is 5.02 Å². The summed E-state index contributed by atoms with van der Waals surface area (Å²) in [6.07, 6.45) is 1.49. The number of carbonyl (C=O) groups excluding carboxylic acids is 2.